The van der Waals surface area contributed by atoms with Gasteiger partial charge in [-0.25, -0.2) is 17.6 Å². The summed E-state index contributed by atoms with van der Waals surface area (Å²) in [7, 11) is 0. The molecule has 1 atom stereocenters. The molecule has 2 aromatic carbocycles. The van der Waals surface area contributed by atoms with E-state index in [1.807, 2.05) is 4.90 Å². The van der Waals surface area contributed by atoms with Crippen molar-refractivity contribution in [2.75, 3.05) is 26.2 Å². The van der Waals surface area contributed by atoms with E-state index in [0.29, 0.717) is 26.1 Å². The van der Waals surface area contributed by atoms with Crippen LogP contribution in [0.5, 0.6) is 0 Å². The Labute approximate surface area is 182 Å². The predicted molar refractivity (Wildman–Crippen MR) is 108 cm³/mol. The molecule has 0 saturated carbocycles. The van der Waals surface area contributed by atoms with Gasteiger partial charge in [0.15, 0.2) is 0 Å². The van der Waals surface area contributed by atoms with E-state index in [9.17, 15) is 22.4 Å². The first-order chi connectivity index (χ1) is 14.3. The standard InChI is InChI=1S/C21H20F4N2O3.ClH/c22-14-3-5-18(24)16(10-14)20(17-11-15(23)4-6-19(17)25)26-30-9-8-27-7-1-2-13(12-27)21(28)29;/h3-6,10-11,13H,1-2,7-9,12H2,(H,28,29);1H. The van der Waals surface area contributed by atoms with Crippen LogP contribution in [0.3, 0.4) is 0 Å². The van der Waals surface area contributed by atoms with Gasteiger partial charge in [-0.15, -0.1) is 12.4 Å². The van der Waals surface area contributed by atoms with Crippen LogP contribution in [-0.4, -0.2) is 47.9 Å². The van der Waals surface area contributed by atoms with Gasteiger partial charge >= 0.3 is 5.97 Å². The van der Waals surface area contributed by atoms with Crippen LogP contribution in [0.15, 0.2) is 41.6 Å². The summed E-state index contributed by atoms with van der Waals surface area (Å²) < 4.78 is 55.8. The van der Waals surface area contributed by atoms with Crippen molar-refractivity contribution in [1.29, 1.82) is 0 Å². The topological polar surface area (TPSA) is 62.1 Å². The Morgan fingerprint density at radius 3 is 2.19 bits per heavy atom. The molecule has 0 bridgehead atoms. The van der Waals surface area contributed by atoms with Gasteiger partial charge in [-0.1, -0.05) is 5.16 Å². The van der Waals surface area contributed by atoms with Crippen LogP contribution in [-0.2, 0) is 9.63 Å². The number of rotatable bonds is 7. The molecule has 3 rings (SSSR count). The fraction of sp³-hybridized carbons (Fsp3) is 0.333. The highest BCUT2D eigenvalue weighted by atomic mass is 35.5. The highest BCUT2D eigenvalue weighted by molar-refractivity contribution is 6.12. The second kappa shape index (κ2) is 11.1. The molecule has 1 fully saturated rings. The average molecular weight is 461 g/mol. The SMILES string of the molecule is Cl.O=C(O)C1CCCN(CCON=C(c2cc(F)ccc2F)c2cc(F)ccc2F)C1. The number of halogens is 5. The average Bonchev–Trinajstić information content (AvgIpc) is 2.72. The van der Waals surface area contributed by atoms with Crippen LogP contribution >= 0.6 is 12.4 Å². The van der Waals surface area contributed by atoms with E-state index < -0.39 is 35.2 Å². The number of carboxylic acids is 1. The molecule has 1 heterocycles. The molecule has 1 aliphatic heterocycles. The lowest BCUT2D eigenvalue weighted by Gasteiger charge is -2.29. The summed E-state index contributed by atoms with van der Waals surface area (Å²) in [6.07, 6.45) is 1.33. The number of hydrogen-bond acceptors (Lipinski definition) is 4. The second-order valence-electron chi connectivity index (χ2n) is 7.00. The van der Waals surface area contributed by atoms with Crippen molar-refractivity contribution in [1.82, 2.24) is 4.90 Å². The van der Waals surface area contributed by atoms with E-state index in [1.165, 1.54) is 0 Å². The molecule has 1 saturated heterocycles. The fourth-order valence-corrected chi connectivity index (χ4v) is 3.34. The number of nitrogens with zero attached hydrogens (tertiary/aromatic N) is 2. The molecule has 0 aromatic heterocycles. The minimum Gasteiger partial charge on any atom is -0.481 e. The molecule has 0 spiro atoms. The fourth-order valence-electron chi connectivity index (χ4n) is 3.34. The van der Waals surface area contributed by atoms with Gasteiger partial charge in [-0.2, -0.15) is 0 Å². The van der Waals surface area contributed by atoms with Gasteiger partial charge in [0.1, 0.15) is 35.6 Å². The molecular formula is C21H21ClF4N2O3. The molecule has 31 heavy (non-hydrogen) atoms. The van der Waals surface area contributed by atoms with Gasteiger partial charge in [0.05, 0.1) is 5.92 Å². The van der Waals surface area contributed by atoms with Crippen molar-refractivity contribution < 1.29 is 32.3 Å². The first kappa shape index (κ1) is 24.6. The minimum atomic E-state index is -0.872. The zero-order valence-electron chi connectivity index (χ0n) is 16.4. The molecular weight excluding hydrogens is 440 g/mol. The summed E-state index contributed by atoms with van der Waals surface area (Å²) in [6, 6.07) is 5.16. The highest BCUT2D eigenvalue weighted by Crippen LogP contribution is 2.20. The zero-order valence-corrected chi connectivity index (χ0v) is 17.2. The van der Waals surface area contributed by atoms with Crippen molar-refractivity contribution in [2.45, 2.75) is 12.8 Å². The predicted octanol–water partition coefficient (Wildman–Crippen LogP) is 4.23. The Kier molecular flexibility index (Phi) is 8.82. The molecule has 0 amide bonds. The summed E-state index contributed by atoms with van der Waals surface area (Å²) in [4.78, 5) is 18.2. The van der Waals surface area contributed by atoms with Gasteiger partial charge in [0.25, 0.3) is 0 Å². The normalized spacial score (nSPS) is 16.3. The smallest absolute Gasteiger partial charge is 0.307 e. The largest absolute Gasteiger partial charge is 0.481 e. The van der Waals surface area contributed by atoms with Gasteiger partial charge < -0.3 is 9.94 Å². The van der Waals surface area contributed by atoms with Crippen molar-refractivity contribution >= 4 is 24.1 Å². The molecule has 1 unspecified atom stereocenters. The van der Waals surface area contributed by atoms with Crippen molar-refractivity contribution in [3.63, 3.8) is 0 Å². The minimum absolute atomic E-state index is 0. The highest BCUT2D eigenvalue weighted by Gasteiger charge is 2.25. The van der Waals surface area contributed by atoms with Gasteiger partial charge in [0.2, 0.25) is 0 Å². The first-order valence-electron chi connectivity index (χ1n) is 9.41. The summed E-state index contributed by atoms with van der Waals surface area (Å²) in [5.74, 6) is -4.61. The molecule has 1 aliphatic rings. The van der Waals surface area contributed by atoms with Crippen molar-refractivity contribution in [3.8, 4) is 0 Å². The van der Waals surface area contributed by atoms with E-state index in [4.69, 9.17) is 9.94 Å². The lowest BCUT2D eigenvalue weighted by atomic mass is 9.98. The number of carboxylic acid groups (broad SMARTS) is 1. The van der Waals surface area contributed by atoms with Gasteiger partial charge in [-0.3, -0.25) is 9.69 Å². The third kappa shape index (κ3) is 6.41. The number of piperidine rings is 1. The number of aliphatic carboxylic acids is 1. The maximum absolute atomic E-state index is 14.3. The number of carbonyl (C=O) groups is 1. The Morgan fingerprint density at radius 2 is 1.65 bits per heavy atom. The third-order valence-electron chi connectivity index (χ3n) is 4.88. The van der Waals surface area contributed by atoms with Crippen LogP contribution in [0.4, 0.5) is 17.6 Å². The van der Waals surface area contributed by atoms with Gasteiger partial charge in [0, 0.05) is 24.2 Å². The Bertz CT molecular complexity index is 905. The summed E-state index contributed by atoms with van der Waals surface area (Å²) in [6.45, 7) is 1.41. The van der Waals surface area contributed by atoms with E-state index in [1.54, 1.807) is 0 Å². The van der Waals surface area contributed by atoms with Crippen molar-refractivity contribution in [2.24, 2.45) is 11.1 Å². The quantitative estimate of drug-likeness (QED) is 0.291. The Morgan fingerprint density at radius 1 is 1.06 bits per heavy atom. The lowest BCUT2D eigenvalue weighted by Crippen LogP contribution is -2.40. The molecule has 5 nitrogen and oxygen atoms in total. The Hall–Kier alpha value is -2.65. The molecule has 10 heteroatoms. The van der Waals surface area contributed by atoms with Crippen LogP contribution < -0.4 is 0 Å². The summed E-state index contributed by atoms with van der Waals surface area (Å²) >= 11 is 0. The van der Waals surface area contributed by atoms with E-state index in [0.717, 1.165) is 42.8 Å². The third-order valence-corrected chi connectivity index (χ3v) is 4.88. The maximum Gasteiger partial charge on any atom is 0.307 e. The van der Waals surface area contributed by atoms with E-state index >= 15 is 0 Å². The van der Waals surface area contributed by atoms with Crippen molar-refractivity contribution in [3.05, 3.63) is 70.8 Å². The maximum atomic E-state index is 14.3. The molecule has 0 aliphatic carbocycles. The van der Waals surface area contributed by atoms with Gasteiger partial charge in [-0.05, 0) is 55.8 Å². The summed E-state index contributed by atoms with van der Waals surface area (Å²) in [5, 5.41) is 12.9. The number of oxime groups is 1. The number of likely N-dealkylation sites (tertiary alicyclic amines) is 1. The second-order valence-corrected chi connectivity index (χ2v) is 7.00. The first-order valence-corrected chi connectivity index (χ1v) is 9.41. The summed E-state index contributed by atoms with van der Waals surface area (Å²) in [5.41, 5.74) is -1.13. The van der Waals surface area contributed by atoms with E-state index in [2.05, 4.69) is 5.16 Å². The number of hydrogen-bond donors (Lipinski definition) is 1. The number of benzene rings is 2. The lowest BCUT2D eigenvalue weighted by molar-refractivity contribution is -0.143. The molecule has 2 aromatic rings. The Balaban J connectivity index is 0.00000341. The monoisotopic (exact) mass is 460 g/mol. The van der Waals surface area contributed by atoms with E-state index in [-0.39, 0.29) is 35.9 Å². The van der Waals surface area contributed by atoms with Crippen LogP contribution in [0, 0.1) is 29.2 Å². The van der Waals surface area contributed by atoms with Crippen LogP contribution in [0.25, 0.3) is 0 Å². The molecule has 168 valence electrons. The van der Waals surface area contributed by atoms with Crippen LogP contribution in [0.1, 0.15) is 24.0 Å². The van der Waals surface area contributed by atoms with Crippen LogP contribution in [0.2, 0.25) is 0 Å². The zero-order chi connectivity index (χ0) is 21.7. The molecule has 1 N–H and O–H groups in total. The molecule has 0 radical (unpaired) electrons.